The molecule has 2 aromatic heterocycles. The smallest absolute Gasteiger partial charge is 0.199 e. The van der Waals surface area contributed by atoms with Crippen molar-refractivity contribution in [2.45, 2.75) is 49.1 Å². The fraction of sp³-hybridized carbons (Fsp3) is 0.423. The molecule has 0 saturated carbocycles. The lowest BCUT2D eigenvalue weighted by Crippen LogP contribution is -2.52. The maximum atomic E-state index is 12.1. The van der Waals surface area contributed by atoms with Gasteiger partial charge in [0.05, 0.1) is 30.6 Å². The summed E-state index contributed by atoms with van der Waals surface area (Å²) in [5.41, 5.74) is 9.22. The molecule has 0 bridgehead atoms. The third-order valence-corrected chi connectivity index (χ3v) is 7.40. The molecule has 35 heavy (non-hydrogen) atoms. The molecule has 1 aliphatic heterocycles. The van der Waals surface area contributed by atoms with E-state index in [2.05, 4.69) is 11.1 Å². The molecule has 1 saturated heterocycles. The standard InChI is InChI=1S/C26H30N4O4S/c1-5-21-26(28,9-10-33-21)15-34-25-18(12-27)20(35-4)11-17(24(25)16(2)14-31)19-13-29-22-7-6-8-23(32-3)30(19)22/h6-8,11,13-14,16,21H,5,9-10,15,28H2,1-4H3/t16?,21-,26-/m0/s1. The van der Waals surface area contributed by atoms with Crippen molar-refractivity contribution in [2.24, 2.45) is 5.73 Å². The molecular weight excluding hydrogens is 464 g/mol. The Labute approximate surface area is 209 Å². The molecule has 0 spiro atoms. The van der Waals surface area contributed by atoms with Crippen LogP contribution in [-0.2, 0) is 9.53 Å². The third kappa shape index (κ3) is 4.38. The van der Waals surface area contributed by atoms with Crippen molar-refractivity contribution >= 4 is 23.7 Å². The molecule has 1 aliphatic rings. The van der Waals surface area contributed by atoms with Crippen LogP contribution in [0.1, 0.15) is 43.7 Å². The van der Waals surface area contributed by atoms with Gasteiger partial charge in [0.2, 0.25) is 0 Å². The highest BCUT2D eigenvalue weighted by Gasteiger charge is 2.41. The first-order chi connectivity index (χ1) is 16.9. The second-order valence-corrected chi connectivity index (χ2v) is 9.57. The van der Waals surface area contributed by atoms with Gasteiger partial charge >= 0.3 is 0 Å². The van der Waals surface area contributed by atoms with E-state index in [1.54, 1.807) is 20.2 Å². The number of carbonyl (C=O) groups excluding carboxylic acids is 1. The van der Waals surface area contributed by atoms with Crippen LogP contribution >= 0.6 is 11.8 Å². The number of nitrogens with two attached hydrogens (primary N) is 1. The Bertz CT molecular complexity index is 1280. The topological polar surface area (TPSA) is 112 Å². The summed E-state index contributed by atoms with van der Waals surface area (Å²) in [5.74, 6) is 0.441. The van der Waals surface area contributed by atoms with Gasteiger partial charge in [0.25, 0.3) is 0 Å². The van der Waals surface area contributed by atoms with E-state index in [9.17, 15) is 10.1 Å². The molecule has 0 radical (unpaired) electrons. The molecule has 3 aromatic rings. The average molecular weight is 495 g/mol. The molecule has 2 N–H and O–H groups in total. The molecule has 184 valence electrons. The zero-order valence-electron chi connectivity index (χ0n) is 20.4. The number of nitrogens with zero attached hydrogens (tertiary/aromatic N) is 3. The second kappa shape index (κ2) is 10.3. The first kappa shape index (κ1) is 25.0. The maximum Gasteiger partial charge on any atom is 0.199 e. The normalized spacial score (nSPS) is 20.5. The summed E-state index contributed by atoms with van der Waals surface area (Å²) in [6, 6.07) is 9.82. The van der Waals surface area contributed by atoms with E-state index in [0.717, 1.165) is 28.9 Å². The summed E-state index contributed by atoms with van der Waals surface area (Å²) in [6.45, 7) is 4.57. The SMILES string of the molecule is CC[C@@H]1OCC[C@]1(N)COc1c(C#N)c(SC)cc(-c2cnc3cccc(OC)n23)c1C(C)C=O. The van der Waals surface area contributed by atoms with Gasteiger partial charge in [-0.2, -0.15) is 5.26 Å². The zero-order valence-corrected chi connectivity index (χ0v) is 21.2. The number of aldehydes is 1. The van der Waals surface area contributed by atoms with Crippen LogP contribution in [0, 0.1) is 11.3 Å². The van der Waals surface area contributed by atoms with Gasteiger partial charge in [-0.15, -0.1) is 11.8 Å². The second-order valence-electron chi connectivity index (χ2n) is 8.73. The molecule has 4 rings (SSSR count). The van der Waals surface area contributed by atoms with Crippen LogP contribution in [0.4, 0.5) is 0 Å². The van der Waals surface area contributed by atoms with Crippen molar-refractivity contribution in [3.8, 4) is 29.0 Å². The predicted octanol–water partition coefficient (Wildman–Crippen LogP) is 4.18. The predicted molar refractivity (Wildman–Crippen MR) is 135 cm³/mol. The van der Waals surface area contributed by atoms with Crippen molar-refractivity contribution in [1.29, 1.82) is 5.26 Å². The summed E-state index contributed by atoms with van der Waals surface area (Å²) >= 11 is 1.44. The molecule has 1 unspecified atom stereocenters. The largest absolute Gasteiger partial charge is 0.490 e. The number of hydrogen-bond acceptors (Lipinski definition) is 8. The molecule has 0 amide bonds. The van der Waals surface area contributed by atoms with Crippen LogP contribution in [-0.4, -0.2) is 53.9 Å². The Morgan fingerprint density at radius 2 is 2.29 bits per heavy atom. The van der Waals surface area contributed by atoms with E-state index >= 15 is 0 Å². The lowest BCUT2D eigenvalue weighted by Gasteiger charge is -2.30. The molecule has 3 heterocycles. The van der Waals surface area contributed by atoms with Crippen molar-refractivity contribution in [2.75, 3.05) is 26.6 Å². The molecule has 0 aliphatic carbocycles. The third-order valence-electron chi connectivity index (χ3n) is 6.64. The van der Waals surface area contributed by atoms with E-state index in [1.807, 2.05) is 41.8 Å². The summed E-state index contributed by atoms with van der Waals surface area (Å²) in [5, 5.41) is 10.1. The summed E-state index contributed by atoms with van der Waals surface area (Å²) in [7, 11) is 1.60. The molecule has 1 fully saturated rings. The van der Waals surface area contributed by atoms with Crippen LogP contribution in [0.25, 0.3) is 16.9 Å². The van der Waals surface area contributed by atoms with Gasteiger partial charge in [-0.25, -0.2) is 4.98 Å². The van der Waals surface area contributed by atoms with Crippen molar-refractivity contribution < 1.29 is 19.0 Å². The first-order valence-corrected chi connectivity index (χ1v) is 12.8. The van der Waals surface area contributed by atoms with Gasteiger partial charge in [0.15, 0.2) is 5.88 Å². The molecule has 3 atom stereocenters. The number of aromatic nitrogens is 2. The number of fused-ring (bicyclic) bond motifs is 1. The monoisotopic (exact) mass is 494 g/mol. The number of pyridine rings is 1. The Balaban J connectivity index is 1.95. The number of imidazole rings is 1. The molecular formula is C26H30N4O4S. The minimum atomic E-state index is -0.675. The number of rotatable bonds is 9. The van der Waals surface area contributed by atoms with Crippen LogP contribution < -0.4 is 15.2 Å². The number of nitriles is 1. The van der Waals surface area contributed by atoms with E-state index in [0.29, 0.717) is 41.4 Å². The number of carbonyl (C=O) groups is 1. The minimum absolute atomic E-state index is 0.133. The number of ether oxygens (including phenoxy) is 3. The quantitative estimate of drug-likeness (QED) is 0.348. The number of thioether (sulfide) groups is 1. The Morgan fingerprint density at radius 3 is 2.94 bits per heavy atom. The maximum absolute atomic E-state index is 12.1. The van der Waals surface area contributed by atoms with E-state index in [4.69, 9.17) is 19.9 Å². The van der Waals surface area contributed by atoms with Crippen LogP contribution in [0.15, 0.2) is 35.4 Å². The van der Waals surface area contributed by atoms with Gasteiger partial charge in [-0.1, -0.05) is 19.9 Å². The van der Waals surface area contributed by atoms with Gasteiger partial charge in [0.1, 0.15) is 35.9 Å². The lowest BCUT2D eigenvalue weighted by atomic mass is 9.90. The zero-order chi connectivity index (χ0) is 25.2. The fourth-order valence-electron chi connectivity index (χ4n) is 4.77. The average Bonchev–Trinajstić information content (AvgIpc) is 3.49. The number of benzene rings is 1. The van der Waals surface area contributed by atoms with Crippen LogP contribution in [0.5, 0.6) is 11.6 Å². The Kier molecular flexibility index (Phi) is 7.36. The van der Waals surface area contributed by atoms with Gasteiger partial charge in [-0.05, 0) is 37.3 Å². The molecule has 9 heteroatoms. The van der Waals surface area contributed by atoms with Gasteiger partial charge in [0, 0.05) is 28.5 Å². The van der Waals surface area contributed by atoms with Crippen molar-refractivity contribution in [3.05, 3.63) is 41.6 Å². The van der Waals surface area contributed by atoms with E-state index in [1.165, 1.54) is 11.8 Å². The van der Waals surface area contributed by atoms with Crippen molar-refractivity contribution in [1.82, 2.24) is 9.38 Å². The minimum Gasteiger partial charge on any atom is -0.490 e. The van der Waals surface area contributed by atoms with E-state index in [-0.39, 0.29) is 12.7 Å². The highest BCUT2D eigenvalue weighted by atomic mass is 32.2. The van der Waals surface area contributed by atoms with Crippen LogP contribution in [0.3, 0.4) is 0 Å². The lowest BCUT2D eigenvalue weighted by molar-refractivity contribution is -0.108. The molecule has 1 aromatic carbocycles. The summed E-state index contributed by atoms with van der Waals surface area (Å²) in [4.78, 5) is 17.4. The Hall–Kier alpha value is -3.06. The van der Waals surface area contributed by atoms with Crippen LogP contribution in [0.2, 0.25) is 0 Å². The van der Waals surface area contributed by atoms with Crippen molar-refractivity contribution in [3.63, 3.8) is 0 Å². The van der Waals surface area contributed by atoms with Gasteiger partial charge in [-0.3, -0.25) is 4.40 Å². The number of methoxy groups -OCH3 is 1. The van der Waals surface area contributed by atoms with Gasteiger partial charge < -0.3 is 24.7 Å². The highest BCUT2D eigenvalue weighted by molar-refractivity contribution is 7.98. The summed E-state index contributed by atoms with van der Waals surface area (Å²) < 4.78 is 19.7. The highest BCUT2D eigenvalue weighted by Crippen LogP contribution is 2.44. The summed E-state index contributed by atoms with van der Waals surface area (Å²) in [6.07, 6.45) is 5.80. The number of hydrogen-bond donors (Lipinski definition) is 1. The molecule has 8 nitrogen and oxygen atoms in total. The van der Waals surface area contributed by atoms with E-state index < -0.39 is 11.5 Å². The Morgan fingerprint density at radius 1 is 1.49 bits per heavy atom. The first-order valence-electron chi connectivity index (χ1n) is 11.6. The fourth-order valence-corrected chi connectivity index (χ4v) is 5.35.